The zero-order valence-corrected chi connectivity index (χ0v) is 64.8. The minimum Gasteiger partial charge on any atom is -0.379 e. The molecule has 0 heterocycles. The first-order valence-corrected chi connectivity index (χ1v) is 42.2. The second kappa shape index (κ2) is 83.3. The largest absolute Gasteiger partial charge is 0.379 e. The van der Waals surface area contributed by atoms with E-state index >= 15 is 0 Å². The van der Waals surface area contributed by atoms with Gasteiger partial charge in [0, 0.05) is 52.4 Å². The van der Waals surface area contributed by atoms with Crippen molar-refractivity contribution < 1.29 is 23.4 Å². The van der Waals surface area contributed by atoms with Crippen LogP contribution in [0.3, 0.4) is 0 Å². The van der Waals surface area contributed by atoms with E-state index in [2.05, 4.69) is 130 Å². The molecule has 0 fully saturated rings. The van der Waals surface area contributed by atoms with Crippen molar-refractivity contribution in [2.45, 2.75) is 374 Å². The zero-order chi connectivity index (χ0) is 69.2. The molecule has 0 aliphatic heterocycles. The molecule has 0 spiro atoms. The molecule has 8 nitrogen and oxygen atoms in total. The van der Waals surface area contributed by atoms with E-state index in [-0.39, 0.29) is 12.2 Å². The average Bonchev–Trinajstić information content (AvgIpc) is 1.46. The summed E-state index contributed by atoms with van der Waals surface area (Å²) < 4.78 is 27.2. The third-order valence-electron chi connectivity index (χ3n) is 18.9. The highest BCUT2D eigenvalue weighted by Gasteiger charge is 2.26. The smallest absolute Gasteiger partial charge is 0.0932 e. The summed E-state index contributed by atoms with van der Waals surface area (Å²) in [6, 6.07) is 0. The van der Waals surface area contributed by atoms with Gasteiger partial charge in [0.05, 0.1) is 51.6 Å². The number of nitrogens with two attached hydrogens (primary N) is 2. The van der Waals surface area contributed by atoms with Crippen molar-refractivity contribution >= 4 is 0 Å². The van der Waals surface area contributed by atoms with Gasteiger partial charge in [-0.2, -0.15) is 0 Å². The molecule has 2 atom stereocenters. The second-order valence-electron chi connectivity index (χ2n) is 28.3. The normalized spacial score (nSPS) is 13.4. The summed E-state index contributed by atoms with van der Waals surface area (Å²) >= 11 is 0. The van der Waals surface area contributed by atoms with Crippen LogP contribution in [0.1, 0.15) is 362 Å². The zero-order valence-electron chi connectivity index (χ0n) is 64.8. The SMILES string of the molecule is CCCCC/C=C\C/C=C\CCCCCCCCOCC(CCCCC[N+](CCCN)(CCCN)CCNCC(COCCCCCCCC/C=C\C/C=C\CCCCC)OCCCCCCC/C=C\C/C=C\CCCCC)OCCCCCCC/C=C\C/C=C\CCCCC. The van der Waals surface area contributed by atoms with Crippen LogP contribution in [-0.2, 0) is 18.9 Å². The summed E-state index contributed by atoms with van der Waals surface area (Å²) in [5, 5.41) is 3.90. The lowest BCUT2D eigenvalue weighted by Gasteiger charge is -2.39. The molecule has 0 bridgehead atoms. The Kier molecular flexibility index (Phi) is 81.2. The number of quaternary nitrogens is 1. The molecule has 0 aliphatic rings. The van der Waals surface area contributed by atoms with Gasteiger partial charge in [0.1, 0.15) is 0 Å². The number of hydrogen-bond acceptors (Lipinski definition) is 7. The van der Waals surface area contributed by atoms with Gasteiger partial charge in [0.25, 0.3) is 0 Å². The molecule has 8 heteroatoms. The first-order chi connectivity index (χ1) is 47.6. The highest BCUT2D eigenvalue weighted by molar-refractivity contribution is 4.95. The maximum atomic E-state index is 6.67. The summed E-state index contributed by atoms with van der Waals surface area (Å²) in [5.41, 5.74) is 12.5. The van der Waals surface area contributed by atoms with E-state index in [4.69, 9.17) is 30.4 Å². The molecule has 5 N–H and O–H groups in total. The van der Waals surface area contributed by atoms with Gasteiger partial charge in [0.2, 0.25) is 0 Å². The van der Waals surface area contributed by atoms with E-state index in [1.54, 1.807) is 0 Å². The summed E-state index contributed by atoms with van der Waals surface area (Å²) in [4.78, 5) is 0. The number of hydrogen-bond donors (Lipinski definition) is 3. The summed E-state index contributed by atoms with van der Waals surface area (Å²) in [6.45, 7) is 21.6. The van der Waals surface area contributed by atoms with Crippen LogP contribution in [0.25, 0.3) is 0 Å². The highest BCUT2D eigenvalue weighted by Crippen LogP contribution is 2.18. The van der Waals surface area contributed by atoms with E-state index in [0.29, 0.717) is 6.61 Å². The van der Waals surface area contributed by atoms with E-state index in [1.807, 2.05) is 0 Å². The molecule has 96 heavy (non-hydrogen) atoms. The molecule has 0 aliphatic carbocycles. The monoisotopic (exact) mass is 1340 g/mol. The van der Waals surface area contributed by atoms with Gasteiger partial charge in [-0.25, -0.2) is 0 Å². The van der Waals surface area contributed by atoms with E-state index in [1.165, 1.54) is 270 Å². The quantitative estimate of drug-likeness (QED) is 0.0317. The van der Waals surface area contributed by atoms with E-state index in [9.17, 15) is 0 Å². The Labute approximate surface area is 600 Å². The van der Waals surface area contributed by atoms with Crippen LogP contribution in [0.2, 0.25) is 0 Å². The molecule has 562 valence electrons. The van der Waals surface area contributed by atoms with Crippen LogP contribution in [0.4, 0.5) is 0 Å². The molecule has 0 saturated carbocycles. The summed E-state index contributed by atoms with van der Waals surface area (Å²) in [5.74, 6) is 0. The van der Waals surface area contributed by atoms with Crippen molar-refractivity contribution in [2.75, 3.05) is 92.0 Å². The first-order valence-electron chi connectivity index (χ1n) is 42.2. The Bertz CT molecular complexity index is 1710. The second-order valence-corrected chi connectivity index (χ2v) is 28.3. The lowest BCUT2D eigenvalue weighted by atomic mass is 10.1. The molecular weight excluding hydrogens is 1180 g/mol. The Hall–Kier alpha value is -2.40. The number of rotatable bonds is 81. The van der Waals surface area contributed by atoms with Gasteiger partial charge in [-0.15, -0.1) is 0 Å². The van der Waals surface area contributed by atoms with Crippen molar-refractivity contribution in [3.63, 3.8) is 0 Å². The molecule has 0 rings (SSSR count). The third-order valence-corrected chi connectivity index (χ3v) is 18.9. The molecule has 0 aromatic rings. The molecule has 0 amide bonds. The predicted molar refractivity (Wildman–Crippen MR) is 428 cm³/mol. The predicted octanol–water partition coefficient (Wildman–Crippen LogP) is 24.9. The van der Waals surface area contributed by atoms with Crippen molar-refractivity contribution in [3.8, 4) is 0 Å². The van der Waals surface area contributed by atoms with Crippen molar-refractivity contribution in [1.29, 1.82) is 0 Å². The lowest BCUT2D eigenvalue weighted by molar-refractivity contribution is -0.927. The Morgan fingerprint density at radius 3 is 0.906 bits per heavy atom. The number of nitrogens with zero attached hydrogens (tertiary/aromatic N) is 1. The Morgan fingerprint density at radius 1 is 0.281 bits per heavy atom. The molecule has 0 saturated heterocycles. The van der Waals surface area contributed by atoms with E-state index in [0.717, 1.165) is 154 Å². The van der Waals surface area contributed by atoms with Gasteiger partial charge in [-0.3, -0.25) is 0 Å². The Balaban J connectivity index is 5.33. The fraction of sp³-hybridized carbons (Fsp3) is 0.818. The van der Waals surface area contributed by atoms with E-state index < -0.39 is 0 Å². The maximum absolute atomic E-state index is 6.67. The van der Waals surface area contributed by atoms with Crippen molar-refractivity contribution in [3.05, 3.63) is 97.2 Å². The highest BCUT2D eigenvalue weighted by atomic mass is 16.5. The fourth-order valence-corrected chi connectivity index (χ4v) is 12.6. The van der Waals surface area contributed by atoms with Crippen LogP contribution >= 0.6 is 0 Å². The van der Waals surface area contributed by atoms with Crippen LogP contribution in [0.15, 0.2) is 97.2 Å². The topological polar surface area (TPSA) is 101 Å². The molecule has 0 radical (unpaired) electrons. The summed E-state index contributed by atoms with van der Waals surface area (Å²) in [6.07, 6.45) is 103. The van der Waals surface area contributed by atoms with Crippen molar-refractivity contribution in [1.82, 2.24) is 5.32 Å². The van der Waals surface area contributed by atoms with Crippen molar-refractivity contribution in [2.24, 2.45) is 11.5 Å². The van der Waals surface area contributed by atoms with Crippen LogP contribution in [0.5, 0.6) is 0 Å². The number of unbranched alkanes of at least 4 members (excludes halogenated alkanes) is 36. The van der Waals surface area contributed by atoms with Crippen LogP contribution < -0.4 is 16.8 Å². The minimum atomic E-state index is 0.0649. The minimum absolute atomic E-state index is 0.0649. The average molecular weight is 1350 g/mol. The standard InChI is InChI=1S/C88H167N4O4/c1-5-9-13-17-21-25-29-33-37-41-43-47-51-55-59-66-80-93-85-87(95-82-68-61-57-53-49-45-39-35-31-27-23-19-15-11-7-3)72-64-63-65-76-92(77-70-73-89,78-71-74-90)79-75-91-84-88(96-83-69-62-58-54-50-46-40-36-32-28-24-20-16-12-8-4)86-94-81-67-60-56-52-48-44-42-38-34-30-26-22-18-14-10-6-2/h21-28,33-40,87-88,91H,5-20,29-32,41-86,89-90H2,1-4H3/q+1/b25-21-,26-22-,27-23-,28-24-,37-33-,38-34-,39-35-,40-36-. The number of nitrogens with one attached hydrogen (secondary N) is 1. The summed E-state index contributed by atoms with van der Waals surface area (Å²) in [7, 11) is 0. The first kappa shape index (κ1) is 93.6. The van der Waals surface area contributed by atoms with Gasteiger partial charge < -0.3 is 40.2 Å². The van der Waals surface area contributed by atoms with Crippen LogP contribution in [-0.4, -0.2) is 109 Å². The van der Waals surface area contributed by atoms with Gasteiger partial charge in [-0.1, -0.05) is 273 Å². The number of ether oxygens (including phenoxy) is 4. The lowest BCUT2D eigenvalue weighted by Crippen LogP contribution is -2.54. The van der Waals surface area contributed by atoms with Gasteiger partial charge in [0.15, 0.2) is 0 Å². The van der Waals surface area contributed by atoms with Gasteiger partial charge in [-0.05, 0) is 186 Å². The maximum Gasteiger partial charge on any atom is 0.0932 e. The third kappa shape index (κ3) is 74.3. The fourth-order valence-electron chi connectivity index (χ4n) is 12.6. The number of allylic oxidation sites excluding steroid dienone is 16. The van der Waals surface area contributed by atoms with Crippen LogP contribution in [0, 0.1) is 0 Å². The Morgan fingerprint density at radius 2 is 0.562 bits per heavy atom. The molecule has 0 aromatic carbocycles. The van der Waals surface area contributed by atoms with Gasteiger partial charge >= 0.3 is 0 Å². The molecule has 0 aromatic heterocycles. The molecule has 2 unspecified atom stereocenters. The molecular formula is C88H167N4O4+.